The van der Waals surface area contributed by atoms with Gasteiger partial charge in [0.05, 0.1) is 5.60 Å². The molecule has 0 saturated heterocycles. The van der Waals surface area contributed by atoms with Crippen molar-refractivity contribution >= 4 is 5.91 Å². The summed E-state index contributed by atoms with van der Waals surface area (Å²) < 4.78 is 0. The fraction of sp³-hybridized carbons (Fsp3) is 0.588. The van der Waals surface area contributed by atoms with Crippen LogP contribution in [0.4, 0.5) is 0 Å². The molecule has 0 spiro atoms. The van der Waals surface area contributed by atoms with Gasteiger partial charge in [-0.15, -0.1) is 0 Å². The number of primary amides is 1. The Hall–Kier alpha value is -1.35. The number of aliphatic hydroxyl groups is 1. The first-order chi connectivity index (χ1) is 9.56. The lowest BCUT2D eigenvalue weighted by Crippen LogP contribution is -2.53. The van der Waals surface area contributed by atoms with Gasteiger partial charge in [-0.1, -0.05) is 18.2 Å². The van der Waals surface area contributed by atoms with Crippen LogP contribution in [0.25, 0.3) is 0 Å². The van der Waals surface area contributed by atoms with Crippen LogP contribution in [-0.4, -0.2) is 16.6 Å². The summed E-state index contributed by atoms with van der Waals surface area (Å²) in [6.45, 7) is 0. The van der Waals surface area contributed by atoms with Crippen molar-refractivity contribution in [3.8, 4) is 0 Å². The molecule has 2 atom stereocenters. The Morgan fingerprint density at radius 3 is 2.40 bits per heavy atom. The van der Waals surface area contributed by atoms with Gasteiger partial charge in [0.1, 0.15) is 0 Å². The molecule has 4 aliphatic carbocycles. The van der Waals surface area contributed by atoms with Crippen LogP contribution in [0.2, 0.25) is 0 Å². The third kappa shape index (κ3) is 1.72. The number of amides is 1. The lowest BCUT2D eigenvalue weighted by molar-refractivity contribution is -0.134. The van der Waals surface area contributed by atoms with Gasteiger partial charge in [-0.3, -0.25) is 4.79 Å². The predicted octanol–water partition coefficient (Wildman–Crippen LogP) is 2.44. The van der Waals surface area contributed by atoms with Gasteiger partial charge in [0.25, 0.3) is 0 Å². The van der Waals surface area contributed by atoms with E-state index in [1.807, 2.05) is 18.2 Å². The van der Waals surface area contributed by atoms with E-state index in [2.05, 4.69) is 6.07 Å². The van der Waals surface area contributed by atoms with Gasteiger partial charge < -0.3 is 10.8 Å². The lowest BCUT2D eigenvalue weighted by atomic mass is 9.49. The molecule has 4 fully saturated rings. The van der Waals surface area contributed by atoms with Crippen molar-refractivity contribution in [2.24, 2.45) is 23.5 Å². The normalized spacial score (nSPS) is 41.9. The third-order valence-corrected chi connectivity index (χ3v) is 5.83. The molecule has 20 heavy (non-hydrogen) atoms. The second-order valence-electron chi connectivity index (χ2n) is 7.17. The monoisotopic (exact) mass is 271 g/mol. The largest absolute Gasteiger partial charge is 0.390 e. The van der Waals surface area contributed by atoms with Gasteiger partial charge in [0.15, 0.2) is 0 Å². The van der Waals surface area contributed by atoms with Crippen molar-refractivity contribution in [2.45, 2.75) is 43.6 Å². The van der Waals surface area contributed by atoms with Gasteiger partial charge >= 0.3 is 0 Å². The molecular weight excluding hydrogens is 250 g/mol. The van der Waals surface area contributed by atoms with Crippen molar-refractivity contribution in [2.75, 3.05) is 0 Å². The molecule has 3 nitrogen and oxygen atoms in total. The molecule has 1 aromatic rings. The van der Waals surface area contributed by atoms with E-state index < -0.39 is 5.60 Å². The molecule has 1 amide bonds. The smallest absolute Gasteiger partial charge is 0.248 e. The highest BCUT2D eigenvalue weighted by molar-refractivity contribution is 5.94. The summed E-state index contributed by atoms with van der Waals surface area (Å²) in [5.74, 6) is 1.82. The van der Waals surface area contributed by atoms with Crippen molar-refractivity contribution in [3.05, 3.63) is 35.4 Å². The van der Waals surface area contributed by atoms with Gasteiger partial charge in [-0.2, -0.15) is 0 Å². The molecule has 5 rings (SSSR count). The number of rotatable bonds is 2. The molecule has 3 N–H and O–H groups in total. The first kappa shape index (κ1) is 12.4. The maximum absolute atomic E-state index is 11.7. The molecule has 2 unspecified atom stereocenters. The first-order valence-electron chi connectivity index (χ1n) is 7.67. The van der Waals surface area contributed by atoms with Crippen molar-refractivity contribution in [1.29, 1.82) is 0 Å². The molecule has 0 radical (unpaired) electrons. The van der Waals surface area contributed by atoms with E-state index in [-0.39, 0.29) is 5.91 Å². The minimum absolute atomic E-state index is 0.326. The van der Waals surface area contributed by atoms with Crippen LogP contribution in [-0.2, 0) is 0 Å². The summed E-state index contributed by atoms with van der Waals surface area (Å²) in [4.78, 5) is 11.7. The van der Waals surface area contributed by atoms with Crippen LogP contribution in [0.5, 0.6) is 0 Å². The number of hydrogen-bond donors (Lipinski definition) is 2. The van der Waals surface area contributed by atoms with E-state index in [0.717, 1.165) is 24.8 Å². The molecule has 0 aromatic heterocycles. The van der Waals surface area contributed by atoms with E-state index in [0.29, 0.717) is 29.2 Å². The molecule has 4 saturated carbocycles. The molecule has 4 aliphatic rings. The average molecular weight is 271 g/mol. The molecule has 0 aliphatic heterocycles. The van der Waals surface area contributed by atoms with Crippen LogP contribution in [0.15, 0.2) is 24.3 Å². The SMILES string of the molecule is NC(=O)c1ccccc1C1C2CC3CC1CC(O)(C3)C2. The fourth-order valence-corrected chi connectivity index (χ4v) is 5.50. The topological polar surface area (TPSA) is 63.3 Å². The maximum atomic E-state index is 11.7. The molecule has 1 aromatic carbocycles. The summed E-state index contributed by atoms with van der Waals surface area (Å²) in [5.41, 5.74) is 6.92. The molecule has 3 heteroatoms. The van der Waals surface area contributed by atoms with Gasteiger partial charge in [-0.25, -0.2) is 0 Å². The van der Waals surface area contributed by atoms with E-state index >= 15 is 0 Å². The van der Waals surface area contributed by atoms with Gasteiger partial charge in [-0.05, 0) is 67.4 Å². The highest BCUT2D eigenvalue weighted by Crippen LogP contribution is 2.61. The summed E-state index contributed by atoms with van der Waals surface area (Å²) in [7, 11) is 0. The Bertz CT molecular complexity index is 552. The number of carbonyl (C=O) groups is 1. The van der Waals surface area contributed by atoms with Crippen LogP contribution in [0.3, 0.4) is 0 Å². The molecular formula is C17H21NO2. The second kappa shape index (κ2) is 4.08. The Balaban J connectivity index is 1.75. The number of hydrogen-bond acceptors (Lipinski definition) is 2. The first-order valence-corrected chi connectivity index (χ1v) is 7.67. The number of benzene rings is 1. The fourth-order valence-electron chi connectivity index (χ4n) is 5.50. The highest BCUT2D eigenvalue weighted by Gasteiger charge is 2.55. The minimum atomic E-state index is -0.422. The molecule has 106 valence electrons. The summed E-state index contributed by atoms with van der Waals surface area (Å²) in [5, 5.41) is 10.7. The minimum Gasteiger partial charge on any atom is -0.390 e. The van der Waals surface area contributed by atoms with E-state index in [1.165, 1.54) is 12.8 Å². The Morgan fingerprint density at radius 1 is 1.15 bits per heavy atom. The Kier molecular flexibility index (Phi) is 2.53. The van der Waals surface area contributed by atoms with E-state index in [4.69, 9.17) is 5.73 Å². The van der Waals surface area contributed by atoms with Crippen LogP contribution in [0.1, 0.15) is 53.9 Å². The predicted molar refractivity (Wildman–Crippen MR) is 76.2 cm³/mol. The van der Waals surface area contributed by atoms with Crippen molar-refractivity contribution in [1.82, 2.24) is 0 Å². The summed E-state index contributed by atoms with van der Waals surface area (Å²) in [6.07, 6.45) is 5.20. The number of carbonyl (C=O) groups excluding carboxylic acids is 1. The Morgan fingerprint density at radius 2 is 1.80 bits per heavy atom. The summed E-state index contributed by atoms with van der Waals surface area (Å²) in [6, 6.07) is 7.79. The van der Waals surface area contributed by atoms with Crippen LogP contribution >= 0.6 is 0 Å². The molecule has 0 heterocycles. The Labute approximate surface area is 119 Å². The zero-order valence-electron chi connectivity index (χ0n) is 11.6. The lowest BCUT2D eigenvalue weighted by Gasteiger charge is -2.58. The highest BCUT2D eigenvalue weighted by atomic mass is 16.3. The van der Waals surface area contributed by atoms with Crippen LogP contribution < -0.4 is 5.73 Å². The quantitative estimate of drug-likeness (QED) is 0.867. The maximum Gasteiger partial charge on any atom is 0.248 e. The number of nitrogens with two attached hydrogens (primary N) is 1. The van der Waals surface area contributed by atoms with Gasteiger partial charge in [0.2, 0.25) is 5.91 Å². The third-order valence-electron chi connectivity index (χ3n) is 5.83. The van der Waals surface area contributed by atoms with Crippen molar-refractivity contribution < 1.29 is 9.90 Å². The average Bonchev–Trinajstić information content (AvgIpc) is 2.36. The molecule has 4 bridgehead atoms. The van der Waals surface area contributed by atoms with Crippen LogP contribution in [0, 0.1) is 17.8 Å². The summed E-state index contributed by atoms with van der Waals surface area (Å²) >= 11 is 0. The second-order valence-corrected chi connectivity index (χ2v) is 7.17. The van der Waals surface area contributed by atoms with E-state index in [1.54, 1.807) is 0 Å². The standard InChI is InChI=1S/C17H21NO2/c18-16(19)14-4-2-1-3-13(14)15-11-5-10-6-12(15)9-17(20,7-10)8-11/h1-4,10-12,15,20H,5-9H2,(H2,18,19). The van der Waals surface area contributed by atoms with E-state index in [9.17, 15) is 9.90 Å². The zero-order chi connectivity index (χ0) is 13.9. The van der Waals surface area contributed by atoms with Crippen molar-refractivity contribution in [3.63, 3.8) is 0 Å². The zero-order valence-corrected chi connectivity index (χ0v) is 11.6. The van der Waals surface area contributed by atoms with Gasteiger partial charge in [0, 0.05) is 5.56 Å².